The Bertz CT molecular complexity index is 545. The summed E-state index contributed by atoms with van der Waals surface area (Å²) in [6, 6.07) is 2.78. The van der Waals surface area contributed by atoms with Crippen LogP contribution in [0.4, 0.5) is 0 Å². The van der Waals surface area contributed by atoms with Crippen molar-refractivity contribution in [1.29, 1.82) is 0 Å². The van der Waals surface area contributed by atoms with Gasteiger partial charge in [-0.15, -0.1) is 0 Å². The van der Waals surface area contributed by atoms with Crippen molar-refractivity contribution in [3.8, 4) is 5.75 Å². The van der Waals surface area contributed by atoms with Crippen LogP contribution in [0.1, 0.15) is 15.9 Å². The standard InChI is InChI=1S/C11H14O5S/c1-7-5-9(15-2)10(17(4,13)14)6-8(7)11(12)16-3/h5-6H,1-4H3. The van der Waals surface area contributed by atoms with Crippen LogP contribution in [-0.2, 0) is 14.6 Å². The van der Waals surface area contributed by atoms with Crippen molar-refractivity contribution >= 4 is 15.8 Å². The topological polar surface area (TPSA) is 69.7 Å². The van der Waals surface area contributed by atoms with Crippen molar-refractivity contribution < 1.29 is 22.7 Å². The molecule has 1 rings (SSSR count). The van der Waals surface area contributed by atoms with Crippen LogP contribution < -0.4 is 4.74 Å². The number of esters is 1. The Balaban J connectivity index is 3.54. The number of aryl methyl sites for hydroxylation is 1. The fraction of sp³-hybridized carbons (Fsp3) is 0.364. The van der Waals surface area contributed by atoms with Gasteiger partial charge in [0.15, 0.2) is 9.84 Å². The molecule has 6 heteroatoms. The molecule has 0 unspecified atom stereocenters. The molecule has 0 amide bonds. The van der Waals surface area contributed by atoms with Crippen LogP contribution in [-0.4, -0.2) is 34.9 Å². The van der Waals surface area contributed by atoms with Crippen molar-refractivity contribution in [2.45, 2.75) is 11.8 Å². The maximum atomic E-state index is 11.6. The van der Waals surface area contributed by atoms with Crippen LogP contribution in [0.2, 0.25) is 0 Å². The van der Waals surface area contributed by atoms with Crippen molar-refractivity contribution in [3.63, 3.8) is 0 Å². The molecule has 17 heavy (non-hydrogen) atoms. The minimum absolute atomic E-state index is 0.0222. The molecule has 1 aromatic rings. The third-order valence-electron chi connectivity index (χ3n) is 2.32. The molecule has 1 aromatic carbocycles. The Labute approximate surface area is 100 Å². The molecule has 0 atom stereocenters. The number of hydrogen-bond donors (Lipinski definition) is 0. The lowest BCUT2D eigenvalue weighted by Crippen LogP contribution is -2.08. The molecule has 94 valence electrons. The summed E-state index contributed by atoms with van der Waals surface area (Å²) in [6.07, 6.45) is 1.06. The molecular weight excluding hydrogens is 244 g/mol. The number of rotatable bonds is 3. The van der Waals surface area contributed by atoms with Gasteiger partial charge in [-0.2, -0.15) is 0 Å². The van der Waals surface area contributed by atoms with Crippen molar-refractivity contribution in [1.82, 2.24) is 0 Å². The first-order valence-electron chi connectivity index (χ1n) is 4.78. The molecule has 0 fully saturated rings. The molecule has 0 aromatic heterocycles. The van der Waals surface area contributed by atoms with Gasteiger partial charge in [-0.3, -0.25) is 0 Å². The summed E-state index contributed by atoms with van der Waals surface area (Å²) in [5, 5.41) is 0. The second-order valence-corrected chi connectivity index (χ2v) is 5.57. The average Bonchev–Trinajstić information content (AvgIpc) is 2.25. The zero-order valence-electron chi connectivity index (χ0n) is 10.1. The number of sulfone groups is 1. The fourth-order valence-electron chi connectivity index (χ4n) is 1.44. The normalized spacial score (nSPS) is 11.1. The van der Waals surface area contributed by atoms with Crippen LogP contribution in [0, 0.1) is 6.92 Å². The minimum Gasteiger partial charge on any atom is -0.495 e. The Morgan fingerprint density at radius 2 is 1.82 bits per heavy atom. The van der Waals surface area contributed by atoms with Gasteiger partial charge in [0, 0.05) is 6.26 Å². The van der Waals surface area contributed by atoms with Gasteiger partial charge in [0.25, 0.3) is 0 Å². The molecule has 0 aliphatic heterocycles. The van der Waals surface area contributed by atoms with Gasteiger partial charge in [-0.1, -0.05) is 0 Å². The number of carbonyl (C=O) groups is 1. The quantitative estimate of drug-likeness (QED) is 0.762. The summed E-state index contributed by atoms with van der Waals surface area (Å²) in [5.41, 5.74) is 0.815. The third-order valence-corrected chi connectivity index (χ3v) is 3.43. The third kappa shape index (κ3) is 2.76. The molecule has 0 saturated carbocycles. The highest BCUT2D eigenvalue weighted by molar-refractivity contribution is 7.90. The molecule has 0 saturated heterocycles. The second-order valence-electron chi connectivity index (χ2n) is 3.58. The summed E-state index contributed by atoms with van der Waals surface area (Å²) in [4.78, 5) is 11.4. The highest BCUT2D eigenvalue weighted by Crippen LogP contribution is 2.27. The summed E-state index contributed by atoms with van der Waals surface area (Å²) < 4.78 is 32.7. The maximum Gasteiger partial charge on any atom is 0.338 e. The van der Waals surface area contributed by atoms with Gasteiger partial charge in [0.2, 0.25) is 0 Å². The Hall–Kier alpha value is -1.56. The molecule has 0 heterocycles. The van der Waals surface area contributed by atoms with Gasteiger partial charge in [0.05, 0.1) is 19.8 Å². The number of hydrogen-bond acceptors (Lipinski definition) is 5. The molecule has 0 bridgehead atoms. The summed E-state index contributed by atoms with van der Waals surface area (Å²) >= 11 is 0. The molecule has 0 aliphatic carbocycles. The molecule has 0 N–H and O–H groups in total. The Kier molecular flexibility index (Phi) is 3.77. The van der Waals surface area contributed by atoms with Crippen LogP contribution >= 0.6 is 0 Å². The lowest BCUT2D eigenvalue weighted by Gasteiger charge is -2.11. The van der Waals surface area contributed by atoms with Gasteiger partial charge < -0.3 is 9.47 Å². The predicted octanol–water partition coefficient (Wildman–Crippen LogP) is 1.19. The zero-order valence-corrected chi connectivity index (χ0v) is 10.9. The van der Waals surface area contributed by atoms with E-state index in [1.54, 1.807) is 6.92 Å². The molecule has 0 radical (unpaired) electrons. The highest BCUT2D eigenvalue weighted by Gasteiger charge is 2.20. The van der Waals surface area contributed by atoms with Crippen molar-refractivity contribution in [2.75, 3.05) is 20.5 Å². The van der Waals surface area contributed by atoms with E-state index in [2.05, 4.69) is 4.74 Å². The van der Waals surface area contributed by atoms with E-state index >= 15 is 0 Å². The van der Waals surface area contributed by atoms with Gasteiger partial charge in [-0.25, -0.2) is 13.2 Å². The van der Waals surface area contributed by atoms with E-state index in [4.69, 9.17) is 4.74 Å². The minimum atomic E-state index is -3.46. The summed E-state index contributed by atoms with van der Waals surface area (Å²) in [5.74, 6) is -0.354. The van der Waals surface area contributed by atoms with E-state index in [0.29, 0.717) is 5.56 Å². The van der Waals surface area contributed by atoms with E-state index in [1.807, 2.05) is 0 Å². The average molecular weight is 258 g/mol. The van der Waals surface area contributed by atoms with Crippen molar-refractivity contribution in [3.05, 3.63) is 23.3 Å². The molecule has 5 nitrogen and oxygen atoms in total. The lowest BCUT2D eigenvalue weighted by molar-refractivity contribution is 0.0599. The molecule has 0 spiro atoms. The van der Waals surface area contributed by atoms with Crippen LogP contribution in [0.5, 0.6) is 5.75 Å². The van der Waals surface area contributed by atoms with Gasteiger partial charge >= 0.3 is 5.97 Å². The first-order chi connectivity index (χ1) is 7.81. The molecular formula is C11H14O5S. The van der Waals surface area contributed by atoms with Crippen LogP contribution in [0.3, 0.4) is 0 Å². The smallest absolute Gasteiger partial charge is 0.338 e. The van der Waals surface area contributed by atoms with E-state index in [0.717, 1.165) is 6.26 Å². The van der Waals surface area contributed by atoms with Crippen LogP contribution in [0.15, 0.2) is 17.0 Å². The van der Waals surface area contributed by atoms with Gasteiger partial charge in [0.1, 0.15) is 10.6 Å². The fourth-order valence-corrected chi connectivity index (χ4v) is 2.28. The maximum absolute atomic E-state index is 11.6. The highest BCUT2D eigenvalue weighted by atomic mass is 32.2. The van der Waals surface area contributed by atoms with E-state index in [-0.39, 0.29) is 16.2 Å². The van der Waals surface area contributed by atoms with E-state index in [1.165, 1.54) is 26.4 Å². The number of methoxy groups -OCH3 is 2. The van der Waals surface area contributed by atoms with E-state index < -0.39 is 15.8 Å². The summed E-state index contributed by atoms with van der Waals surface area (Å²) in [7, 11) is -0.841. The van der Waals surface area contributed by atoms with Crippen LogP contribution in [0.25, 0.3) is 0 Å². The Morgan fingerprint density at radius 1 is 1.24 bits per heavy atom. The zero-order chi connectivity index (χ0) is 13.2. The first kappa shape index (κ1) is 13.5. The Morgan fingerprint density at radius 3 is 2.24 bits per heavy atom. The largest absolute Gasteiger partial charge is 0.495 e. The SMILES string of the molecule is COC(=O)c1cc(S(C)(=O)=O)c(OC)cc1C. The number of ether oxygens (including phenoxy) is 2. The lowest BCUT2D eigenvalue weighted by atomic mass is 10.1. The van der Waals surface area contributed by atoms with E-state index in [9.17, 15) is 13.2 Å². The van der Waals surface area contributed by atoms with Crippen molar-refractivity contribution in [2.24, 2.45) is 0 Å². The monoisotopic (exact) mass is 258 g/mol. The molecule has 0 aliphatic rings. The second kappa shape index (κ2) is 4.75. The summed E-state index contributed by atoms with van der Waals surface area (Å²) in [6.45, 7) is 1.68. The first-order valence-corrected chi connectivity index (χ1v) is 6.67. The number of carbonyl (C=O) groups excluding carboxylic acids is 1. The number of benzene rings is 1. The predicted molar refractivity (Wildman–Crippen MR) is 62.2 cm³/mol. The van der Waals surface area contributed by atoms with Gasteiger partial charge in [-0.05, 0) is 24.6 Å².